The van der Waals surface area contributed by atoms with Crippen LogP contribution in [-0.4, -0.2) is 37.4 Å². The highest BCUT2D eigenvalue weighted by atomic mass is 35.5. The van der Waals surface area contributed by atoms with Crippen LogP contribution in [0.4, 0.5) is 14.5 Å². The highest BCUT2D eigenvalue weighted by Crippen LogP contribution is 2.29. The third-order valence-electron chi connectivity index (χ3n) is 6.22. The highest BCUT2D eigenvalue weighted by molar-refractivity contribution is 6.30. The minimum atomic E-state index is -2.83. The van der Waals surface area contributed by atoms with Crippen molar-refractivity contribution in [2.24, 2.45) is 0 Å². The zero-order chi connectivity index (χ0) is 27.0. The number of amides is 1. The van der Waals surface area contributed by atoms with Crippen molar-refractivity contribution in [1.29, 1.82) is 0 Å². The van der Waals surface area contributed by atoms with Gasteiger partial charge in [0.25, 0.3) is 12.3 Å². The molecule has 8 nitrogen and oxygen atoms in total. The van der Waals surface area contributed by atoms with E-state index in [1.807, 2.05) is 19.1 Å². The Kier molecular flexibility index (Phi) is 6.81. The van der Waals surface area contributed by atoms with Crippen molar-refractivity contribution < 1.29 is 18.3 Å². The molecule has 0 aliphatic rings. The van der Waals surface area contributed by atoms with Gasteiger partial charge in [-0.15, -0.1) is 0 Å². The van der Waals surface area contributed by atoms with E-state index in [0.717, 1.165) is 15.8 Å². The number of fused-ring (bicyclic) bond motifs is 1. The van der Waals surface area contributed by atoms with Gasteiger partial charge in [0.15, 0.2) is 5.65 Å². The van der Waals surface area contributed by atoms with Crippen LogP contribution in [0, 0.1) is 13.8 Å². The number of rotatable bonds is 7. The zero-order valence-electron chi connectivity index (χ0n) is 20.7. The molecule has 1 N–H and O–H groups in total. The van der Waals surface area contributed by atoms with E-state index in [1.54, 1.807) is 48.0 Å². The molecule has 5 rings (SSSR count). The molecule has 2 aromatic carbocycles. The van der Waals surface area contributed by atoms with Crippen LogP contribution in [-0.2, 0) is 6.54 Å². The van der Waals surface area contributed by atoms with Crippen molar-refractivity contribution >= 4 is 28.8 Å². The van der Waals surface area contributed by atoms with Crippen molar-refractivity contribution in [3.05, 3.63) is 94.0 Å². The highest BCUT2D eigenvalue weighted by Gasteiger charge is 2.23. The van der Waals surface area contributed by atoms with Crippen molar-refractivity contribution in [2.45, 2.75) is 26.8 Å². The predicted molar refractivity (Wildman–Crippen MR) is 140 cm³/mol. The summed E-state index contributed by atoms with van der Waals surface area (Å²) < 4.78 is 35.8. The Morgan fingerprint density at radius 2 is 1.82 bits per heavy atom. The van der Waals surface area contributed by atoms with Crippen molar-refractivity contribution in [2.75, 3.05) is 12.4 Å². The lowest BCUT2D eigenvalue weighted by Crippen LogP contribution is -2.14. The van der Waals surface area contributed by atoms with Crippen LogP contribution in [0.1, 0.15) is 39.4 Å². The van der Waals surface area contributed by atoms with E-state index in [9.17, 15) is 13.6 Å². The lowest BCUT2D eigenvalue weighted by molar-refractivity contribution is 0.102. The summed E-state index contributed by atoms with van der Waals surface area (Å²) in [6.07, 6.45) is -1.59. The van der Waals surface area contributed by atoms with E-state index >= 15 is 0 Å². The number of hydrogen-bond acceptors (Lipinski definition) is 5. The summed E-state index contributed by atoms with van der Waals surface area (Å²) in [5, 5.41) is 12.1. The fourth-order valence-corrected chi connectivity index (χ4v) is 4.31. The van der Waals surface area contributed by atoms with E-state index in [2.05, 4.69) is 20.5 Å². The molecule has 0 radical (unpaired) electrons. The molecule has 0 saturated heterocycles. The molecular formula is C27H23ClF2N6O2. The van der Waals surface area contributed by atoms with Crippen molar-refractivity contribution in [1.82, 2.24) is 24.4 Å². The van der Waals surface area contributed by atoms with Gasteiger partial charge in [-0.25, -0.2) is 18.3 Å². The van der Waals surface area contributed by atoms with Gasteiger partial charge < -0.3 is 10.1 Å². The summed E-state index contributed by atoms with van der Waals surface area (Å²) >= 11 is 5.98. The number of carbonyl (C=O) groups excluding carboxylic acids is 1. The lowest BCUT2D eigenvalue weighted by Gasteiger charge is -2.10. The van der Waals surface area contributed by atoms with Gasteiger partial charge in [0, 0.05) is 10.6 Å². The van der Waals surface area contributed by atoms with Crippen LogP contribution in [0.3, 0.4) is 0 Å². The molecule has 194 valence electrons. The summed E-state index contributed by atoms with van der Waals surface area (Å²) in [6.45, 7) is 4.11. The van der Waals surface area contributed by atoms with Crippen LogP contribution >= 0.6 is 11.6 Å². The van der Waals surface area contributed by atoms with E-state index < -0.39 is 12.3 Å². The maximum Gasteiger partial charge on any atom is 0.280 e. The summed E-state index contributed by atoms with van der Waals surface area (Å²) in [5.41, 5.74) is 3.47. The Balaban J connectivity index is 1.49. The molecule has 3 aromatic heterocycles. The third kappa shape index (κ3) is 4.82. The molecule has 0 unspecified atom stereocenters. The number of methoxy groups -OCH3 is 1. The van der Waals surface area contributed by atoms with Crippen LogP contribution < -0.4 is 10.1 Å². The van der Waals surface area contributed by atoms with Crippen LogP contribution in [0.15, 0.2) is 60.8 Å². The minimum Gasteiger partial charge on any atom is -0.497 e. The Bertz CT molecular complexity index is 1630. The summed E-state index contributed by atoms with van der Waals surface area (Å²) in [6, 6.07) is 15.5. The van der Waals surface area contributed by atoms with Gasteiger partial charge in [0.2, 0.25) is 0 Å². The van der Waals surface area contributed by atoms with Crippen LogP contribution in [0.2, 0.25) is 5.02 Å². The maximum atomic E-state index is 14.0. The zero-order valence-corrected chi connectivity index (χ0v) is 21.5. The largest absolute Gasteiger partial charge is 0.497 e. The van der Waals surface area contributed by atoms with Crippen molar-refractivity contribution in [3.8, 4) is 17.0 Å². The van der Waals surface area contributed by atoms with Crippen LogP contribution in [0.5, 0.6) is 5.75 Å². The summed E-state index contributed by atoms with van der Waals surface area (Å²) in [4.78, 5) is 17.9. The molecule has 0 saturated carbocycles. The first-order valence-electron chi connectivity index (χ1n) is 11.7. The standard InChI is InChI=1S/C27H23ClF2N6O2/c1-15-24(16(2)35(34-15)14-17-4-8-19(28)9-5-17)33-27(37)21-13-31-36-23(25(29)30)12-22(32-26(21)36)18-6-10-20(38-3)11-7-18/h4-13,25H,14H2,1-3H3,(H,33,37). The number of anilines is 1. The number of hydrogen-bond donors (Lipinski definition) is 1. The van der Waals surface area contributed by atoms with Gasteiger partial charge in [-0.3, -0.25) is 9.48 Å². The second kappa shape index (κ2) is 10.2. The number of aromatic nitrogens is 5. The molecule has 0 aliphatic carbocycles. The van der Waals surface area contributed by atoms with Gasteiger partial charge in [-0.2, -0.15) is 10.2 Å². The number of nitrogens with zero attached hydrogens (tertiary/aromatic N) is 5. The van der Waals surface area contributed by atoms with E-state index in [-0.39, 0.29) is 22.6 Å². The number of alkyl halides is 2. The average molecular weight is 537 g/mol. The Morgan fingerprint density at radius 1 is 1.11 bits per heavy atom. The maximum absolute atomic E-state index is 14.0. The topological polar surface area (TPSA) is 86.3 Å². The quantitative estimate of drug-likeness (QED) is 0.271. The van der Waals surface area contributed by atoms with Gasteiger partial charge in [0.1, 0.15) is 17.0 Å². The molecule has 3 heterocycles. The predicted octanol–water partition coefficient (Wildman–Crippen LogP) is 6.11. The molecule has 11 heteroatoms. The molecule has 38 heavy (non-hydrogen) atoms. The van der Waals surface area contributed by atoms with Crippen molar-refractivity contribution in [3.63, 3.8) is 0 Å². The first kappa shape index (κ1) is 25.3. The fraction of sp³-hybridized carbons (Fsp3) is 0.185. The Labute approximate surface area is 221 Å². The second-order valence-corrected chi connectivity index (χ2v) is 9.11. The lowest BCUT2D eigenvalue weighted by atomic mass is 10.1. The molecule has 0 bridgehead atoms. The molecule has 0 aliphatic heterocycles. The Hall–Kier alpha value is -4.31. The average Bonchev–Trinajstić information content (AvgIpc) is 3.45. The summed E-state index contributed by atoms with van der Waals surface area (Å²) in [7, 11) is 1.54. The number of carbonyl (C=O) groups is 1. The van der Waals surface area contributed by atoms with Crippen LogP contribution in [0.25, 0.3) is 16.9 Å². The third-order valence-corrected chi connectivity index (χ3v) is 6.47. The first-order valence-corrected chi connectivity index (χ1v) is 12.0. The second-order valence-electron chi connectivity index (χ2n) is 8.67. The SMILES string of the molecule is COc1ccc(-c2cc(C(F)F)n3ncc(C(=O)Nc4c(C)nn(Cc5ccc(Cl)cc5)c4C)c3n2)cc1. The normalized spacial score (nSPS) is 11.3. The van der Waals surface area contributed by atoms with E-state index in [0.29, 0.717) is 34.3 Å². The molecule has 0 fully saturated rings. The van der Waals surface area contributed by atoms with E-state index in [1.165, 1.54) is 19.4 Å². The van der Waals surface area contributed by atoms with Gasteiger partial charge >= 0.3 is 0 Å². The number of aryl methyl sites for hydroxylation is 1. The fourth-order valence-electron chi connectivity index (χ4n) is 4.19. The number of ether oxygens (including phenoxy) is 1. The monoisotopic (exact) mass is 536 g/mol. The first-order chi connectivity index (χ1) is 18.2. The molecule has 1 amide bonds. The van der Waals surface area contributed by atoms with Gasteiger partial charge in [-0.1, -0.05) is 23.7 Å². The molecule has 0 atom stereocenters. The van der Waals surface area contributed by atoms with E-state index in [4.69, 9.17) is 16.3 Å². The summed E-state index contributed by atoms with van der Waals surface area (Å²) in [5.74, 6) is 0.0903. The minimum absolute atomic E-state index is 0.0231. The Morgan fingerprint density at radius 3 is 2.47 bits per heavy atom. The molecule has 5 aromatic rings. The number of benzene rings is 2. The smallest absolute Gasteiger partial charge is 0.280 e. The van der Waals surface area contributed by atoms with Gasteiger partial charge in [0.05, 0.1) is 42.6 Å². The number of nitrogens with one attached hydrogen (secondary N) is 1. The molecular weight excluding hydrogens is 514 g/mol. The number of halogens is 3. The molecule has 0 spiro atoms. The van der Waals surface area contributed by atoms with Gasteiger partial charge in [-0.05, 0) is 61.9 Å².